The van der Waals surface area contributed by atoms with Crippen LogP contribution in [-0.4, -0.2) is 22.4 Å². The summed E-state index contributed by atoms with van der Waals surface area (Å²) in [7, 11) is 0. The van der Waals surface area contributed by atoms with E-state index in [0.717, 1.165) is 18.8 Å². The molecule has 2 heterocycles. The molecule has 4 rings (SSSR count). The summed E-state index contributed by atoms with van der Waals surface area (Å²) in [5.74, 6) is 1.08. The molecule has 1 aromatic heterocycles. The number of nitrogens with one attached hydrogen (secondary N) is 1. The van der Waals surface area contributed by atoms with Gasteiger partial charge in [-0.1, -0.05) is 0 Å². The molecule has 0 bridgehead atoms. The number of hydrogen-bond donors (Lipinski definition) is 1. The molecule has 1 spiro atoms. The summed E-state index contributed by atoms with van der Waals surface area (Å²) in [6, 6.07) is 4.72. The highest BCUT2D eigenvalue weighted by atomic mass is 32.1. The average Bonchev–Trinajstić information content (AvgIpc) is 3.27. The second-order valence-electron chi connectivity index (χ2n) is 6.37. The number of nitrogens with zero attached hydrogens (tertiary/aromatic N) is 1. The van der Waals surface area contributed by atoms with E-state index in [2.05, 4.69) is 36.2 Å². The van der Waals surface area contributed by atoms with E-state index < -0.39 is 0 Å². The lowest BCUT2D eigenvalue weighted by atomic mass is 10.1. The van der Waals surface area contributed by atoms with Crippen molar-refractivity contribution in [3.05, 3.63) is 21.9 Å². The summed E-state index contributed by atoms with van der Waals surface area (Å²) in [5, 5.41) is 3.62. The topological polar surface area (TPSA) is 32.3 Å². The van der Waals surface area contributed by atoms with E-state index in [-0.39, 0.29) is 11.7 Å². The second kappa shape index (κ2) is 3.83. The number of carbonyl (C=O) groups is 1. The third-order valence-corrected chi connectivity index (χ3v) is 5.91. The summed E-state index contributed by atoms with van der Waals surface area (Å²) in [6.45, 7) is 4.36. The third-order valence-electron chi connectivity index (χ3n) is 4.86. The van der Waals surface area contributed by atoms with Gasteiger partial charge in [-0.2, -0.15) is 0 Å². The number of rotatable bonds is 3. The van der Waals surface area contributed by atoms with E-state index >= 15 is 0 Å². The van der Waals surface area contributed by atoms with Gasteiger partial charge in [0.2, 0.25) is 5.91 Å². The van der Waals surface area contributed by atoms with Crippen LogP contribution < -0.4 is 5.32 Å². The Balaban J connectivity index is 1.69. The van der Waals surface area contributed by atoms with Crippen molar-refractivity contribution in [3.63, 3.8) is 0 Å². The third kappa shape index (κ3) is 1.77. The molecule has 1 amide bonds. The predicted molar refractivity (Wildman–Crippen MR) is 75.9 cm³/mol. The number of carbonyl (C=O) groups excluding carboxylic acids is 1. The Morgan fingerprint density at radius 2 is 2.16 bits per heavy atom. The van der Waals surface area contributed by atoms with Gasteiger partial charge in [-0.25, -0.2) is 0 Å². The lowest BCUT2D eigenvalue weighted by Crippen LogP contribution is -2.39. The van der Waals surface area contributed by atoms with Crippen LogP contribution in [0, 0.1) is 12.8 Å². The van der Waals surface area contributed by atoms with Crippen LogP contribution in [0.2, 0.25) is 0 Å². The predicted octanol–water partition coefficient (Wildman–Crippen LogP) is 2.82. The molecule has 0 aromatic carbocycles. The quantitative estimate of drug-likeness (QED) is 0.920. The number of amides is 1. The van der Waals surface area contributed by atoms with Crippen molar-refractivity contribution in [2.45, 2.75) is 57.3 Å². The SMILES string of the molecule is Cc1ccc(C2NC3(CC3)C(=O)N2C(C)C2CC2)s1. The van der Waals surface area contributed by atoms with Gasteiger partial charge in [-0.3, -0.25) is 10.1 Å². The molecule has 102 valence electrons. The second-order valence-corrected chi connectivity index (χ2v) is 7.69. The van der Waals surface area contributed by atoms with Crippen molar-refractivity contribution in [2.75, 3.05) is 0 Å². The molecule has 2 saturated carbocycles. The zero-order valence-electron chi connectivity index (χ0n) is 11.5. The number of aryl methyl sites for hydroxylation is 1. The Hall–Kier alpha value is -0.870. The Kier molecular flexibility index (Phi) is 2.40. The maximum Gasteiger partial charge on any atom is 0.244 e. The van der Waals surface area contributed by atoms with Gasteiger partial charge in [0.25, 0.3) is 0 Å². The molecule has 1 aromatic rings. The van der Waals surface area contributed by atoms with Crippen LogP contribution in [0.3, 0.4) is 0 Å². The highest BCUT2D eigenvalue weighted by Gasteiger charge is 2.61. The fourth-order valence-electron chi connectivity index (χ4n) is 3.28. The fourth-order valence-corrected chi connectivity index (χ4v) is 4.20. The molecule has 3 fully saturated rings. The van der Waals surface area contributed by atoms with Gasteiger partial charge in [-0.15, -0.1) is 11.3 Å². The molecular weight excluding hydrogens is 256 g/mol. The summed E-state index contributed by atoms with van der Waals surface area (Å²) >= 11 is 1.81. The monoisotopic (exact) mass is 276 g/mol. The van der Waals surface area contributed by atoms with Gasteiger partial charge in [0.15, 0.2) is 0 Å². The van der Waals surface area contributed by atoms with E-state index in [1.165, 1.54) is 22.6 Å². The van der Waals surface area contributed by atoms with E-state index in [1.807, 2.05) is 11.3 Å². The number of thiophene rings is 1. The van der Waals surface area contributed by atoms with Gasteiger partial charge in [0, 0.05) is 15.8 Å². The molecule has 2 aliphatic carbocycles. The van der Waals surface area contributed by atoms with E-state index in [0.29, 0.717) is 11.9 Å². The number of hydrogen-bond acceptors (Lipinski definition) is 3. The summed E-state index contributed by atoms with van der Waals surface area (Å²) in [5.41, 5.74) is -0.203. The minimum Gasteiger partial charge on any atom is -0.317 e. The molecule has 0 radical (unpaired) electrons. The van der Waals surface area contributed by atoms with Crippen LogP contribution in [0.1, 0.15) is 48.5 Å². The van der Waals surface area contributed by atoms with Crippen molar-refractivity contribution in [1.29, 1.82) is 0 Å². The van der Waals surface area contributed by atoms with E-state index in [4.69, 9.17) is 0 Å². The largest absolute Gasteiger partial charge is 0.317 e. The van der Waals surface area contributed by atoms with Crippen LogP contribution in [0.25, 0.3) is 0 Å². The van der Waals surface area contributed by atoms with E-state index in [9.17, 15) is 4.79 Å². The molecule has 3 nitrogen and oxygen atoms in total. The summed E-state index contributed by atoms with van der Waals surface area (Å²) in [6.07, 6.45) is 4.72. The molecule has 2 unspecified atom stereocenters. The normalized spacial score (nSPS) is 30.1. The lowest BCUT2D eigenvalue weighted by molar-refractivity contribution is -0.133. The minimum atomic E-state index is -0.203. The molecule has 2 atom stereocenters. The van der Waals surface area contributed by atoms with Gasteiger partial charge in [0.05, 0.1) is 0 Å². The summed E-state index contributed by atoms with van der Waals surface area (Å²) in [4.78, 5) is 17.5. The smallest absolute Gasteiger partial charge is 0.244 e. The average molecular weight is 276 g/mol. The lowest BCUT2D eigenvalue weighted by Gasteiger charge is -2.30. The van der Waals surface area contributed by atoms with Crippen LogP contribution >= 0.6 is 11.3 Å². The van der Waals surface area contributed by atoms with Gasteiger partial charge in [-0.05, 0) is 57.6 Å². The van der Waals surface area contributed by atoms with Crippen LogP contribution in [-0.2, 0) is 4.79 Å². The van der Waals surface area contributed by atoms with Crippen molar-refractivity contribution in [2.24, 2.45) is 5.92 Å². The highest BCUT2D eigenvalue weighted by Crippen LogP contribution is 2.50. The van der Waals surface area contributed by atoms with Crippen molar-refractivity contribution in [1.82, 2.24) is 10.2 Å². The molecule has 3 aliphatic rings. The Morgan fingerprint density at radius 1 is 1.42 bits per heavy atom. The first kappa shape index (κ1) is 11.9. The Morgan fingerprint density at radius 3 is 2.68 bits per heavy atom. The van der Waals surface area contributed by atoms with Crippen LogP contribution in [0.5, 0.6) is 0 Å². The van der Waals surface area contributed by atoms with Gasteiger partial charge in [0.1, 0.15) is 11.7 Å². The van der Waals surface area contributed by atoms with Crippen LogP contribution in [0.4, 0.5) is 0 Å². The first-order valence-corrected chi connectivity index (χ1v) is 8.09. The standard InChI is InChI=1S/C15H20N2OS/c1-9-3-6-12(19-9)13-16-15(7-8-15)14(18)17(13)10(2)11-4-5-11/h3,6,10-11,13,16H,4-5,7-8H2,1-2H3. The maximum atomic E-state index is 12.7. The highest BCUT2D eigenvalue weighted by molar-refractivity contribution is 7.12. The molecule has 1 saturated heterocycles. The van der Waals surface area contributed by atoms with Crippen molar-refractivity contribution >= 4 is 17.2 Å². The molecule has 1 aliphatic heterocycles. The van der Waals surface area contributed by atoms with E-state index in [1.54, 1.807) is 0 Å². The van der Waals surface area contributed by atoms with Gasteiger partial charge < -0.3 is 4.90 Å². The van der Waals surface area contributed by atoms with Crippen molar-refractivity contribution in [3.8, 4) is 0 Å². The molecule has 4 heteroatoms. The zero-order chi connectivity index (χ0) is 13.2. The minimum absolute atomic E-state index is 0.115. The zero-order valence-corrected chi connectivity index (χ0v) is 12.3. The molecule has 1 N–H and O–H groups in total. The van der Waals surface area contributed by atoms with Gasteiger partial charge >= 0.3 is 0 Å². The Labute approximate surface area is 118 Å². The molecular formula is C15H20N2OS. The van der Waals surface area contributed by atoms with Crippen LogP contribution in [0.15, 0.2) is 12.1 Å². The molecule has 19 heavy (non-hydrogen) atoms. The summed E-state index contributed by atoms with van der Waals surface area (Å²) < 4.78 is 0. The Bertz CT molecular complexity index is 530. The fraction of sp³-hybridized carbons (Fsp3) is 0.667. The first-order chi connectivity index (χ1) is 9.11. The maximum absolute atomic E-state index is 12.7. The van der Waals surface area contributed by atoms with Crippen molar-refractivity contribution < 1.29 is 4.79 Å². The first-order valence-electron chi connectivity index (χ1n) is 7.27.